The minimum absolute atomic E-state index is 0.309. The van der Waals surface area contributed by atoms with Crippen molar-refractivity contribution in [2.24, 2.45) is 0 Å². The maximum absolute atomic E-state index is 5.75. The molecule has 1 aliphatic heterocycles. The number of thiocarbonyl (C=S) groups is 1. The molecule has 1 unspecified atom stereocenters. The third kappa shape index (κ3) is 5.90. The smallest absolute Gasteiger partial charge is 0.169 e. The van der Waals surface area contributed by atoms with E-state index in [0.717, 1.165) is 57.2 Å². The summed E-state index contributed by atoms with van der Waals surface area (Å²) in [5.74, 6) is 0. The predicted molar refractivity (Wildman–Crippen MR) is 90.8 cm³/mol. The Balaban J connectivity index is 1.85. The van der Waals surface area contributed by atoms with Crippen LogP contribution in [0.1, 0.15) is 24.1 Å². The zero-order chi connectivity index (χ0) is 14.9. The minimum Gasteiger partial charge on any atom is -0.385 e. The summed E-state index contributed by atoms with van der Waals surface area (Å²) in [6, 6.07) is 4.24. The van der Waals surface area contributed by atoms with Crippen LogP contribution in [0.15, 0.2) is 17.5 Å². The van der Waals surface area contributed by atoms with Gasteiger partial charge < -0.3 is 19.7 Å². The van der Waals surface area contributed by atoms with Gasteiger partial charge in [0.1, 0.15) is 0 Å². The average Bonchev–Trinajstić information content (AvgIpc) is 3.16. The highest BCUT2D eigenvalue weighted by molar-refractivity contribution is 7.80. The lowest BCUT2D eigenvalue weighted by Gasteiger charge is -2.28. The van der Waals surface area contributed by atoms with E-state index in [0.29, 0.717) is 6.10 Å². The summed E-state index contributed by atoms with van der Waals surface area (Å²) in [5.41, 5.74) is 0. The summed E-state index contributed by atoms with van der Waals surface area (Å²) in [6.07, 6.45) is 3.56. The Morgan fingerprint density at radius 3 is 3.19 bits per heavy atom. The van der Waals surface area contributed by atoms with Crippen LogP contribution in [0.5, 0.6) is 0 Å². The van der Waals surface area contributed by atoms with Crippen LogP contribution in [0.25, 0.3) is 0 Å². The fourth-order valence-electron chi connectivity index (χ4n) is 2.37. The minimum atomic E-state index is 0.309. The molecule has 1 aromatic rings. The molecule has 1 aliphatic rings. The largest absolute Gasteiger partial charge is 0.385 e. The molecule has 0 bridgehead atoms. The maximum atomic E-state index is 5.75. The maximum Gasteiger partial charge on any atom is 0.169 e. The van der Waals surface area contributed by atoms with Crippen molar-refractivity contribution < 1.29 is 9.47 Å². The summed E-state index contributed by atoms with van der Waals surface area (Å²) in [6.45, 7) is 4.21. The van der Waals surface area contributed by atoms with Crippen LogP contribution in [0.3, 0.4) is 0 Å². The molecule has 1 N–H and O–H groups in total. The van der Waals surface area contributed by atoms with E-state index in [-0.39, 0.29) is 0 Å². The Hall–Kier alpha value is -0.690. The Bertz CT molecular complexity index is 406. The van der Waals surface area contributed by atoms with Crippen LogP contribution in [0.2, 0.25) is 0 Å². The molecule has 0 aromatic carbocycles. The van der Waals surface area contributed by atoms with Crippen molar-refractivity contribution in [3.05, 3.63) is 22.4 Å². The molecular formula is C15H24N2O2S2. The average molecular weight is 329 g/mol. The monoisotopic (exact) mass is 328 g/mol. The van der Waals surface area contributed by atoms with Gasteiger partial charge in [-0.05, 0) is 42.9 Å². The summed E-state index contributed by atoms with van der Waals surface area (Å²) < 4.78 is 10.8. The molecule has 0 saturated carbocycles. The van der Waals surface area contributed by atoms with Crippen molar-refractivity contribution in [2.45, 2.75) is 31.9 Å². The third-order valence-corrected chi connectivity index (χ3v) is 4.73. The first-order chi connectivity index (χ1) is 10.3. The van der Waals surface area contributed by atoms with E-state index in [1.54, 1.807) is 18.4 Å². The van der Waals surface area contributed by atoms with Gasteiger partial charge in [0.25, 0.3) is 0 Å². The molecule has 0 spiro atoms. The van der Waals surface area contributed by atoms with Crippen LogP contribution in [0, 0.1) is 0 Å². The number of hydrogen-bond donors (Lipinski definition) is 1. The van der Waals surface area contributed by atoms with Gasteiger partial charge in [0.2, 0.25) is 0 Å². The number of nitrogens with one attached hydrogen (secondary N) is 1. The molecule has 1 atom stereocenters. The lowest BCUT2D eigenvalue weighted by Crippen LogP contribution is -2.43. The van der Waals surface area contributed by atoms with E-state index in [1.165, 1.54) is 4.88 Å². The van der Waals surface area contributed by atoms with Crippen molar-refractivity contribution in [3.8, 4) is 0 Å². The molecule has 118 valence electrons. The standard InChI is InChI=1S/C15H24N2O2S2/c1-18-8-4-7-16-15(20)17(11-13-5-2-9-19-13)12-14-6-3-10-21-14/h3,6,10,13H,2,4-5,7-9,11-12H2,1H3,(H,16,20). The van der Waals surface area contributed by atoms with Crippen LogP contribution in [0.4, 0.5) is 0 Å². The predicted octanol–water partition coefficient (Wildman–Crippen LogP) is 2.64. The van der Waals surface area contributed by atoms with Gasteiger partial charge in [-0.1, -0.05) is 6.07 Å². The van der Waals surface area contributed by atoms with E-state index in [4.69, 9.17) is 21.7 Å². The van der Waals surface area contributed by atoms with E-state index in [9.17, 15) is 0 Å². The van der Waals surface area contributed by atoms with Gasteiger partial charge in [-0.25, -0.2) is 0 Å². The number of rotatable bonds is 8. The molecular weight excluding hydrogens is 304 g/mol. The first-order valence-corrected chi connectivity index (χ1v) is 8.74. The Labute approximate surface area is 136 Å². The second kappa shape index (κ2) is 9.35. The molecule has 21 heavy (non-hydrogen) atoms. The van der Waals surface area contributed by atoms with E-state index >= 15 is 0 Å². The van der Waals surface area contributed by atoms with Crippen molar-refractivity contribution >= 4 is 28.7 Å². The number of hydrogen-bond acceptors (Lipinski definition) is 4. The molecule has 1 fully saturated rings. The molecule has 0 radical (unpaired) electrons. The van der Waals surface area contributed by atoms with Crippen molar-refractivity contribution in [2.75, 3.05) is 33.4 Å². The Morgan fingerprint density at radius 1 is 1.62 bits per heavy atom. The van der Waals surface area contributed by atoms with E-state index in [1.807, 2.05) is 0 Å². The van der Waals surface area contributed by atoms with Crippen LogP contribution < -0.4 is 5.32 Å². The topological polar surface area (TPSA) is 33.7 Å². The van der Waals surface area contributed by atoms with Crippen LogP contribution in [-0.4, -0.2) is 49.5 Å². The zero-order valence-electron chi connectivity index (χ0n) is 12.5. The van der Waals surface area contributed by atoms with Crippen molar-refractivity contribution in [1.82, 2.24) is 10.2 Å². The lowest BCUT2D eigenvalue weighted by atomic mass is 10.2. The quantitative estimate of drug-likeness (QED) is 0.586. The second-order valence-corrected chi connectivity index (χ2v) is 6.59. The first kappa shape index (κ1) is 16.7. The fourth-order valence-corrected chi connectivity index (χ4v) is 3.33. The molecule has 1 saturated heterocycles. The number of nitrogens with zero attached hydrogens (tertiary/aromatic N) is 1. The highest BCUT2D eigenvalue weighted by Crippen LogP contribution is 2.17. The molecule has 4 nitrogen and oxygen atoms in total. The summed E-state index contributed by atoms with van der Waals surface area (Å²) >= 11 is 7.32. The Morgan fingerprint density at radius 2 is 2.52 bits per heavy atom. The van der Waals surface area contributed by atoms with Crippen molar-refractivity contribution in [1.29, 1.82) is 0 Å². The molecule has 6 heteroatoms. The molecule has 0 aliphatic carbocycles. The molecule has 2 heterocycles. The number of methoxy groups -OCH3 is 1. The van der Waals surface area contributed by atoms with E-state index < -0.39 is 0 Å². The molecule has 1 aromatic heterocycles. The number of thiophene rings is 1. The van der Waals surface area contributed by atoms with Gasteiger partial charge in [0.05, 0.1) is 12.6 Å². The molecule has 0 amide bonds. The first-order valence-electron chi connectivity index (χ1n) is 7.45. The van der Waals surface area contributed by atoms with Gasteiger partial charge in [-0.3, -0.25) is 0 Å². The summed E-state index contributed by atoms with van der Waals surface area (Å²) in [7, 11) is 1.72. The SMILES string of the molecule is COCCCNC(=S)N(Cc1cccs1)CC1CCCO1. The van der Waals surface area contributed by atoms with Gasteiger partial charge in [-0.2, -0.15) is 0 Å². The zero-order valence-corrected chi connectivity index (χ0v) is 14.2. The Kier molecular flexibility index (Phi) is 7.43. The molecule has 2 rings (SSSR count). The van der Waals surface area contributed by atoms with Gasteiger partial charge >= 0.3 is 0 Å². The van der Waals surface area contributed by atoms with Gasteiger partial charge in [-0.15, -0.1) is 11.3 Å². The second-order valence-electron chi connectivity index (χ2n) is 5.17. The van der Waals surface area contributed by atoms with E-state index in [2.05, 4.69) is 27.7 Å². The summed E-state index contributed by atoms with van der Waals surface area (Å²) in [5, 5.41) is 6.25. The van der Waals surface area contributed by atoms with Gasteiger partial charge in [0, 0.05) is 38.3 Å². The van der Waals surface area contributed by atoms with Gasteiger partial charge in [0.15, 0.2) is 5.11 Å². The fraction of sp³-hybridized carbons (Fsp3) is 0.667. The highest BCUT2D eigenvalue weighted by Gasteiger charge is 2.21. The van der Waals surface area contributed by atoms with Crippen LogP contribution in [-0.2, 0) is 16.0 Å². The third-order valence-electron chi connectivity index (χ3n) is 3.46. The highest BCUT2D eigenvalue weighted by atomic mass is 32.1. The normalized spacial score (nSPS) is 17.9. The van der Waals surface area contributed by atoms with Crippen LogP contribution >= 0.6 is 23.6 Å². The summed E-state index contributed by atoms with van der Waals surface area (Å²) in [4.78, 5) is 3.55. The number of ether oxygens (including phenoxy) is 2. The van der Waals surface area contributed by atoms with Crippen molar-refractivity contribution in [3.63, 3.8) is 0 Å². The lowest BCUT2D eigenvalue weighted by molar-refractivity contribution is 0.0899.